The Bertz CT molecular complexity index is 1990. The number of ketones is 2. The van der Waals surface area contributed by atoms with Crippen molar-refractivity contribution in [1.29, 1.82) is 0 Å². The van der Waals surface area contributed by atoms with Crippen LogP contribution in [0.1, 0.15) is 61.1 Å². The van der Waals surface area contributed by atoms with Crippen LogP contribution in [0, 0.1) is 23.7 Å². The van der Waals surface area contributed by atoms with Crippen molar-refractivity contribution >= 4 is 46.5 Å². The number of aliphatic carboxylic acids is 1. The van der Waals surface area contributed by atoms with Crippen molar-refractivity contribution in [2.45, 2.75) is 49.9 Å². The number of methoxy groups -OCH3 is 1. The number of carbonyl (C=O) groups is 5. The van der Waals surface area contributed by atoms with E-state index in [1.807, 2.05) is 54.6 Å². The first kappa shape index (κ1) is 34.4. The number of halogens is 1. The molecule has 6 unspecified atom stereocenters. The average Bonchev–Trinajstić information content (AvgIpc) is 3.38. The lowest BCUT2D eigenvalue weighted by Gasteiger charge is -2.55. The zero-order valence-corrected chi connectivity index (χ0v) is 28.8. The van der Waals surface area contributed by atoms with Crippen molar-refractivity contribution in [2.75, 3.05) is 13.7 Å². The predicted molar refractivity (Wildman–Crippen MR) is 189 cm³/mol. The van der Waals surface area contributed by atoms with Gasteiger partial charge in [0.25, 0.3) is 0 Å². The summed E-state index contributed by atoms with van der Waals surface area (Å²) in [5.74, 6) is -5.71. The molecule has 9 nitrogen and oxygen atoms in total. The van der Waals surface area contributed by atoms with Gasteiger partial charge in [0.1, 0.15) is 0 Å². The van der Waals surface area contributed by atoms with E-state index in [1.54, 1.807) is 24.3 Å². The van der Waals surface area contributed by atoms with Crippen molar-refractivity contribution in [3.63, 3.8) is 0 Å². The molecule has 7 rings (SSSR count). The zero-order valence-electron chi connectivity index (χ0n) is 28.1. The van der Waals surface area contributed by atoms with Gasteiger partial charge >= 0.3 is 5.97 Å². The van der Waals surface area contributed by atoms with E-state index >= 15 is 4.79 Å². The van der Waals surface area contributed by atoms with E-state index in [0.29, 0.717) is 41.5 Å². The molecule has 1 aliphatic heterocycles. The van der Waals surface area contributed by atoms with Gasteiger partial charge in [-0.15, -0.1) is 0 Å². The second-order valence-corrected chi connectivity index (χ2v) is 14.3. The minimum absolute atomic E-state index is 0.0109. The van der Waals surface area contributed by atoms with Crippen LogP contribution in [0.25, 0.3) is 5.57 Å². The van der Waals surface area contributed by atoms with Gasteiger partial charge in [-0.05, 0) is 66.5 Å². The highest BCUT2D eigenvalue weighted by atomic mass is 35.5. The number of aromatic hydroxyl groups is 1. The number of amides is 2. The van der Waals surface area contributed by atoms with E-state index in [-0.39, 0.29) is 65.7 Å². The SMILES string of the molecule is COc1cc(C2C3=CCC4C(=O)N(CCCCCC(=O)O)C(=O)C4C3CC3C(=O)C(c4ccccc4)=CC(=O)C32c2ccccc2)cc(Cl)c1O. The molecular formula is C41H38ClNO8. The fourth-order valence-corrected chi connectivity index (χ4v) is 9.39. The van der Waals surface area contributed by atoms with E-state index in [9.17, 15) is 24.3 Å². The van der Waals surface area contributed by atoms with Crippen LogP contribution in [-0.4, -0.2) is 58.1 Å². The highest BCUT2D eigenvalue weighted by Crippen LogP contribution is 2.64. The molecular weight excluding hydrogens is 670 g/mol. The number of ether oxygens (including phenoxy) is 1. The number of Topliss-reactive ketones (excluding diaryl/α,β-unsaturated/α-hetero) is 1. The number of carboxylic acids is 1. The number of rotatable bonds is 10. The number of benzene rings is 3. The lowest BCUT2D eigenvalue weighted by Crippen LogP contribution is -2.58. The number of hydrogen-bond donors (Lipinski definition) is 2. The summed E-state index contributed by atoms with van der Waals surface area (Å²) in [6.45, 7) is 0.191. The summed E-state index contributed by atoms with van der Waals surface area (Å²) in [6, 6.07) is 21.5. The van der Waals surface area contributed by atoms with Crippen molar-refractivity contribution in [3.05, 3.63) is 112 Å². The molecule has 2 fully saturated rings. The van der Waals surface area contributed by atoms with Gasteiger partial charge in [0.15, 0.2) is 23.1 Å². The minimum Gasteiger partial charge on any atom is -0.503 e. The normalized spacial score (nSPS) is 26.9. The van der Waals surface area contributed by atoms with Crippen molar-refractivity contribution in [2.24, 2.45) is 23.7 Å². The van der Waals surface area contributed by atoms with Crippen LogP contribution in [0.15, 0.2) is 90.5 Å². The van der Waals surface area contributed by atoms with Crippen LogP contribution >= 0.6 is 11.6 Å². The Morgan fingerprint density at radius 3 is 2.33 bits per heavy atom. The third-order valence-corrected chi connectivity index (χ3v) is 11.6. The minimum atomic E-state index is -1.44. The Labute approximate surface area is 300 Å². The molecule has 51 heavy (non-hydrogen) atoms. The maximum atomic E-state index is 15.1. The molecule has 0 bridgehead atoms. The van der Waals surface area contributed by atoms with Crippen molar-refractivity contribution in [3.8, 4) is 11.5 Å². The number of nitrogens with zero attached hydrogens (tertiary/aromatic N) is 1. The highest BCUT2D eigenvalue weighted by Gasteiger charge is 2.65. The Hall–Kier alpha value is -5.02. The van der Waals surface area contributed by atoms with Gasteiger partial charge in [-0.2, -0.15) is 0 Å². The molecule has 3 aliphatic carbocycles. The molecule has 262 valence electrons. The molecule has 0 aromatic heterocycles. The van der Waals surface area contributed by atoms with E-state index in [2.05, 4.69) is 0 Å². The molecule has 4 aliphatic rings. The second kappa shape index (κ2) is 13.6. The molecule has 6 atom stereocenters. The van der Waals surface area contributed by atoms with Crippen molar-refractivity contribution in [1.82, 2.24) is 4.90 Å². The summed E-state index contributed by atoms with van der Waals surface area (Å²) in [4.78, 5) is 70.5. The Morgan fingerprint density at radius 2 is 1.65 bits per heavy atom. The van der Waals surface area contributed by atoms with Gasteiger partial charge in [-0.25, -0.2) is 0 Å². The number of unbranched alkanes of at least 4 members (excludes halogenated alkanes) is 2. The third-order valence-electron chi connectivity index (χ3n) is 11.3. The monoisotopic (exact) mass is 707 g/mol. The highest BCUT2D eigenvalue weighted by molar-refractivity contribution is 6.33. The zero-order chi connectivity index (χ0) is 36.0. The first-order valence-electron chi connectivity index (χ1n) is 17.3. The standard InChI is InChI=1S/C41H38ClNO8/c1-51-32-20-24(19-31(42)38(32)48)36-26-16-17-27-35(40(50)43(39(27)49)18-10-4-9-15-34(45)46)29(26)21-30-37(47)28(23-11-5-2-6-12-23)22-33(44)41(30,36)25-13-7-3-8-14-25/h2-3,5-8,11-14,16,19-20,22,27,29-30,35-36,48H,4,9-10,15,17-18,21H2,1H3,(H,45,46). The maximum absolute atomic E-state index is 15.1. The van der Waals surface area contributed by atoms with Gasteiger partial charge in [-0.3, -0.25) is 28.9 Å². The van der Waals surface area contributed by atoms with E-state index in [1.165, 1.54) is 18.1 Å². The number of imide groups is 1. The van der Waals surface area contributed by atoms with Gasteiger partial charge in [0.2, 0.25) is 11.8 Å². The Kier molecular flexibility index (Phi) is 9.18. The molecule has 1 saturated carbocycles. The number of phenols is 1. The van der Waals surface area contributed by atoms with Gasteiger partial charge in [0.05, 0.1) is 29.4 Å². The lowest BCUT2D eigenvalue weighted by molar-refractivity contribution is -0.141. The lowest BCUT2D eigenvalue weighted by atomic mass is 9.44. The largest absolute Gasteiger partial charge is 0.503 e. The number of carboxylic acid groups (broad SMARTS) is 1. The molecule has 3 aromatic carbocycles. The number of likely N-dealkylation sites (tertiary alicyclic amines) is 1. The Balaban J connectivity index is 1.40. The van der Waals surface area contributed by atoms with Crippen LogP contribution in [-0.2, 0) is 29.4 Å². The summed E-state index contributed by atoms with van der Waals surface area (Å²) in [5, 5.41) is 19.8. The summed E-state index contributed by atoms with van der Waals surface area (Å²) < 4.78 is 5.52. The smallest absolute Gasteiger partial charge is 0.303 e. The quantitative estimate of drug-likeness (QED) is 0.138. The molecule has 10 heteroatoms. The van der Waals surface area contributed by atoms with Gasteiger partial charge in [0, 0.05) is 30.4 Å². The number of phenolic OH excluding ortho intramolecular Hbond substituents is 1. The number of fused-ring (bicyclic) bond motifs is 4. The predicted octanol–water partition coefficient (Wildman–Crippen LogP) is 6.52. The summed E-state index contributed by atoms with van der Waals surface area (Å²) in [5.41, 5.74) is 1.45. The summed E-state index contributed by atoms with van der Waals surface area (Å²) >= 11 is 6.61. The van der Waals surface area contributed by atoms with E-state index in [0.717, 1.165) is 5.57 Å². The Morgan fingerprint density at radius 1 is 0.941 bits per heavy atom. The third kappa shape index (κ3) is 5.58. The molecule has 0 radical (unpaired) electrons. The molecule has 2 N–H and O–H groups in total. The molecule has 1 heterocycles. The first-order valence-corrected chi connectivity index (χ1v) is 17.7. The summed E-state index contributed by atoms with van der Waals surface area (Å²) in [6.07, 6.45) is 5.39. The van der Waals surface area contributed by atoms with Crippen LogP contribution in [0.3, 0.4) is 0 Å². The van der Waals surface area contributed by atoms with Crippen LogP contribution < -0.4 is 4.74 Å². The summed E-state index contributed by atoms with van der Waals surface area (Å²) in [7, 11) is 1.41. The van der Waals surface area contributed by atoms with Crippen LogP contribution in [0.2, 0.25) is 5.02 Å². The van der Waals surface area contributed by atoms with Crippen LogP contribution in [0.4, 0.5) is 0 Å². The average molecular weight is 708 g/mol. The number of allylic oxidation sites excluding steroid dienone is 4. The molecule has 0 spiro atoms. The second-order valence-electron chi connectivity index (χ2n) is 13.9. The van der Waals surface area contributed by atoms with E-state index < -0.39 is 41.0 Å². The fourth-order valence-electron chi connectivity index (χ4n) is 9.17. The van der Waals surface area contributed by atoms with E-state index in [4.69, 9.17) is 21.4 Å². The maximum Gasteiger partial charge on any atom is 0.303 e. The number of hydrogen-bond acceptors (Lipinski definition) is 7. The van der Waals surface area contributed by atoms with Gasteiger partial charge in [-0.1, -0.05) is 90.3 Å². The number of carbonyl (C=O) groups excluding carboxylic acids is 4. The molecule has 2 amide bonds. The molecule has 1 saturated heterocycles. The fraction of sp³-hybridized carbons (Fsp3) is 0.341. The topological polar surface area (TPSA) is 138 Å². The van der Waals surface area contributed by atoms with Gasteiger partial charge < -0.3 is 14.9 Å². The van der Waals surface area contributed by atoms with Crippen LogP contribution in [0.5, 0.6) is 11.5 Å². The molecule has 3 aromatic rings. The first-order chi connectivity index (χ1) is 24.6. The van der Waals surface area contributed by atoms with Crippen molar-refractivity contribution < 1.29 is 38.9 Å².